The highest BCUT2D eigenvalue weighted by Crippen LogP contribution is 2.36. The largest absolute Gasteiger partial charge is 0.496 e. The molecule has 1 aromatic heterocycles. The lowest BCUT2D eigenvalue weighted by Crippen LogP contribution is -2.25. The summed E-state index contributed by atoms with van der Waals surface area (Å²) in [6.07, 6.45) is 8.02. The van der Waals surface area contributed by atoms with Crippen molar-refractivity contribution in [2.75, 3.05) is 39.2 Å². The van der Waals surface area contributed by atoms with Crippen LogP contribution in [-0.4, -0.2) is 54.5 Å². The van der Waals surface area contributed by atoms with Gasteiger partial charge in [-0.05, 0) is 79.9 Å². The first-order valence-electron chi connectivity index (χ1n) is 14.5. The molecule has 0 aliphatic carbocycles. The quantitative estimate of drug-likeness (QED) is 0.144. The first-order valence-corrected chi connectivity index (χ1v) is 14.5. The Morgan fingerprint density at radius 2 is 1.72 bits per heavy atom. The van der Waals surface area contributed by atoms with Gasteiger partial charge in [-0.2, -0.15) is 0 Å². The Kier molecular flexibility index (Phi) is 11.2. The van der Waals surface area contributed by atoms with Gasteiger partial charge < -0.3 is 14.8 Å². The third-order valence-electron chi connectivity index (χ3n) is 7.12. The Labute approximate surface area is 251 Å². The second-order valence-electron chi connectivity index (χ2n) is 10.2. The lowest BCUT2D eigenvalue weighted by atomic mass is 10.0. The third-order valence-corrected chi connectivity index (χ3v) is 7.12. The molecule has 3 aromatic carbocycles. The van der Waals surface area contributed by atoms with Crippen molar-refractivity contribution in [3.05, 3.63) is 84.2 Å². The molecule has 0 aliphatic heterocycles. The smallest absolute Gasteiger partial charge is 0.155 e. The number of allylic oxidation sites excluding steroid dienone is 1. The minimum Gasteiger partial charge on any atom is -0.496 e. The summed E-state index contributed by atoms with van der Waals surface area (Å²) < 4.78 is 39.2. The van der Waals surface area contributed by atoms with Gasteiger partial charge in [0.1, 0.15) is 35.3 Å². The van der Waals surface area contributed by atoms with Crippen LogP contribution < -0.4 is 14.8 Å². The molecule has 4 rings (SSSR count). The van der Waals surface area contributed by atoms with Crippen LogP contribution in [-0.2, 0) is 11.2 Å². The molecule has 0 atom stereocenters. The van der Waals surface area contributed by atoms with Crippen LogP contribution in [0.25, 0.3) is 22.0 Å². The van der Waals surface area contributed by atoms with Gasteiger partial charge in [0.25, 0.3) is 0 Å². The number of rotatable bonds is 15. The molecule has 9 heteroatoms. The zero-order chi connectivity index (χ0) is 30.8. The number of fused-ring (bicyclic) bond motifs is 1. The van der Waals surface area contributed by atoms with Crippen molar-refractivity contribution in [3.63, 3.8) is 0 Å². The van der Waals surface area contributed by atoms with Crippen LogP contribution >= 0.6 is 0 Å². The molecule has 226 valence electrons. The van der Waals surface area contributed by atoms with Crippen molar-refractivity contribution in [2.24, 2.45) is 0 Å². The van der Waals surface area contributed by atoms with Gasteiger partial charge in [0.2, 0.25) is 0 Å². The van der Waals surface area contributed by atoms with E-state index in [1.54, 1.807) is 31.4 Å². The molecule has 0 spiro atoms. The van der Waals surface area contributed by atoms with E-state index in [2.05, 4.69) is 34.0 Å². The average molecular weight is 589 g/mol. The zero-order valence-electron chi connectivity index (χ0n) is 25.1. The van der Waals surface area contributed by atoms with Crippen molar-refractivity contribution < 1.29 is 23.0 Å². The molecule has 7 nitrogen and oxygen atoms in total. The van der Waals surface area contributed by atoms with Crippen molar-refractivity contribution in [2.45, 2.75) is 39.5 Å². The number of ketones is 1. The zero-order valence-corrected chi connectivity index (χ0v) is 25.1. The predicted octanol–water partition coefficient (Wildman–Crippen LogP) is 7.52. The monoisotopic (exact) mass is 588 g/mol. The van der Waals surface area contributed by atoms with Crippen LogP contribution in [0, 0.1) is 11.6 Å². The maximum atomic E-state index is 14.5. The van der Waals surface area contributed by atoms with E-state index in [9.17, 15) is 13.6 Å². The molecule has 1 heterocycles. The normalized spacial score (nSPS) is 11.4. The number of ether oxygens (including phenoxy) is 2. The molecule has 0 bridgehead atoms. The van der Waals surface area contributed by atoms with E-state index < -0.39 is 11.6 Å². The Hall–Kier alpha value is -4.37. The fraction of sp³-hybridized carbons (Fsp3) is 0.324. The highest BCUT2D eigenvalue weighted by molar-refractivity contribution is 5.94. The number of methoxy groups -OCH3 is 2. The van der Waals surface area contributed by atoms with Gasteiger partial charge in [-0.3, -0.25) is 9.69 Å². The fourth-order valence-electron chi connectivity index (χ4n) is 5.04. The maximum absolute atomic E-state index is 14.5. The predicted molar refractivity (Wildman–Crippen MR) is 167 cm³/mol. The van der Waals surface area contributed by atoms with Gasteiger partial charge in [0.05, 0.1) is 25.4 Å². The third kappa shape index (κ3) is 8.14. The summed E-state index contributed by atoms with van der Waals surface area (Å²) in [7, 11) is 3.13. The Balaban J connectivity index is 1.58. The summed E-state index contributed by atoms with van der Waals surface area (Å²) in [5.74, 6) is 0.395. The molecule has 0 fully saturated rings. The second kappa shape index (κ2) is 15.2. The number of anilines is 2. The summed E-state index contributed by atoms with van der Waals surface area (Å²) in [5, 5.41) is 4.02. The topological polar surface area (TPSA) is 76.6 Å². The van der Waals surface area contributed by atoms with Crippen LogP contribution in [0.5, 0.6) is 11.5 Å². The van der Waals surface area contributed by atoms with Gasteiger partial charge in [-0.1, -0.05) is 26.0 Å². The number of aryl methyl sites for hydroxylation is 1. The minimum absolute atomic E-state index is 0.0485. The molecule has 0 radical (unpaired) electrons. The molecule has 0 aliphatic rings. The first kappa shape index (κ1) is 31.6. The number of hydrogen-bond acceptors (Lipinski definition) is 7. The highest BCUT2D eigenvalue weighted by atomic mass is 19.1. The summed E-state index contributed by atoms with van der Waals surface area (Å²) in [5.41, 5.74) is 2.84. The molecular formula is C34H38F2N4O3. The molecule has 0 unspecified atom stereocenters. The number of nitrogens with one attached hydrogen (secondary N) is 1. The molecule has 0 saturated carbocycles. The summed E-state index contributed by atoms with van der Waals surface area (Å²) >= 11 is 0. The molecule has 0 saturated heterocycles. The van der Waals surface area contributed by atoms with E-state index in [4.69, 9.17) is 9.47 Å². The fourth-order valence-corrected chi connectivity index (χ4v) is 5.04. The van der Waals surface area contributed by atoms with E-state index in [-0.39, 0.29) is 11.3 Å². The number of benzene rings is 3. The molecule has 0 amide bonds. The van der Waals surface area contributed by atoms with Crippen LogP contribution in [0.2, 0.25) is 0 Å². The Morgan fingerprint density at radius 3 is 2.42 bits per heavy atom. The summed E-state index contributed by atoms with van der Waals surface area (Å²) in [6, 6.07) is 12.4. The molecule has 43 heavy (non-hydrogen) atoms. The van der Waals surface area contributed by atoms with E-state index >= 15 is 0 Å². The molecule has 1 N–H and O–H groups in total. The molecule has 4 aromatic rings. The van der Waals surface area contributed by atoms with Crippen LogP contribution in [0.1, 0.15) is 38.7 Å². The van der Waals surface area contributed by atoms with Crippen molar-refractivity contribution in [3.8, 4) is 22.6 Å². The number of carbonyl (C=O) groups excluding carboxylic acids is 1. The molecular weight excluding hydrogens is 550 g/mol. The van der Waals surface area contributed by atoms with Crippen LogP contribution in [0.4, 0.5) is 20.3 Å². The SMILES string of the molecule is CCCN(C/C=C/C(=O)CCc1cc2c(Nc3cc(-c4ccc(F)cc4F)ccc3OC)ncnc2cc1OC)CCC. The number of halogens is 2. The number of nitrogens with zero attached hydrogens (tertiary/aromatic N) is 3. The van der Waals surface area contributed by atoms with Gasteiger partial charge in [0.15, 0.2) is 5.78 Å². The Bertz CT molecular complexity index is 1590. The van der Waals surface area contributed by atoms with Gasteiger partial charge in [0, 0.05) is 36.0 Å². The van der Waals surface area contributed by atoms with Crippen LogP contribution in [0.3, 0.4) is 0 Å². The second-order valence-corrected chi connectivity index (χ2v) is 10.2. The summed E-state index contributed by atoms with van der Waals surface area (Å²) in [4.78, 5) is 23.9. The highest BCUT2D eigenvalue weighted by Gasteiger charge is 2.15. The van der Waals surface area contributed by atoms with Crippen LogP contribution in [0.15, 0.2) is 67.0 Å². The van der Waals surface area contributed by atoms with Gasteiger partial charge >= 0.3 is 0 Å². The maximum Gasteiger partial charge on any atom is 0.155 e. The van der Waals surface area contributed by atoms with E-state index in [1.165, 1.54) is 25.6 Å². The minimum atomic E-state index is -0.663. The van der Waals surface area contributed by atoms with E-state index in [0.29, 0.717) is 46.9 Å². The average Bonchev–Trinajstić information content (AvgIpc) is 3.00. The standard InChI is InChI=1S/C34H38F2N4O3/c1-5-15-40(16-6-2)17-7-8-26(41)12-9-24-18-28-30(21-33(24)43-4)37-22-38-34(28)39-31-19-23(10-14-32(31)42-3)27-13-11-25(35)20-29(27)36/h7-8,10-11,13-14,18-22H,5-6,9,12,15-17H2,1-4H3,(H,37,38,39)/b8-7+. The first-order chi connectivity index (χ1) is 20.9. The number of aromatic nitrogens is 2. The lowest BCUT2D eigenvalue weighted by molar-refractivity contribution is -0.114. The van der Waals surface area contributed by atoms with Crippen molar-refractivity contribution in [1.82, 2.24) is 14.9 Å². The lowest BCUT2D eigenvalue weighted by Gasteiger charge is -2.18. The Morgan fingerprint density at radius 1 is 0.953 bits per heavy atom. The number of hydrogen-bond donors (Lipinski definition) is 1. The van der Waals surface area contributed by atoms with E-state index in [1.807, 2.05) is 18.2 Å². The van der Waals surface area contributed by atoms with Gasteiger partial charge in [-0.25, -0.2) is 18.7 Å². The van der Waals surface area contributed by atoms with Crippen molar-refractivity contribution in [1.29, 1.82) is 0 Å². The van der Waals surface area contributed by atoms with Crippen molar-refractivity contribution >= 4 is 28.2 Å². The van der Waals surface area contributed by atoms with E-state index in [0.717, 1.165) is 49.5 Å². The number of carbonyl (C=O) groups is 1. The summed E-state index contributed by atoms with van der Waals surface area (Å²) in [6.45, 7) is 7.10. The van der Waals surface area contributed by atoms with Gasteiger partial charge in [-0.15, -0.1) is 0 Å².